The van der Waals surface area contributed by atoms with Crippen LogP contribution in [0, 0.1) is 10.1 Å². The van der Waals surface area contributed by atoms with Gasteiger partial charge in [-0.2, -0.15) is 0 Å². The minimum atomic E-state index is -0.818. The number of hydrogen-bond donors (Lipinski definition) is 1. The Hall–Kier alpha value is -3.49. The second-order valence-corrected chi connectivity index (χ2v) is 6.05. The number of phenolic OH excluding ortho intramolecular Hbond substituents is 1. The standard InChI is InChI=1S/C19H19NO8/c1-25-14-6-5-7-15-18(14)19(22)17-13(21)10-12(11-16(17)28-15)26-8-3-2-4-9-27-20(23)24/h5-7,10-11,21H,2-4,8-9H2,1H3. The van der Waals surface area contributed by atoms with Crippen LogP contribution in [-0.4, -0.2) is 30.5 Å². The molecule has 0 saturated heterocycles. The molecule has 9 nitrogen and oxygen atoms in total. The number of benzene rings is 2. The predicted molar refractivity (Wildman–Crippen MR) is 100 cm³/mol. The van der Waals surface area contributed by atoms with Crippen LogP contribution in [0.25, 0.3) is 21.9 Å². The van der Waals surface area contributed by atoms with Gasteiger partial charge in [-0.05, 0) is 31.4 Å². The highest BCUT2D eigenvalue weighted by molar-refractivity contribution is 5.96. The third-order valence-electron chi connectivity index (χ3n) is 4.19. The predicted octanol–water partition coefficient (Wildman–Crippen LogP) is 3.42. The smallest absolute Gasteiger partial charge is 0.294 e. The van der Waals surface area contributed by atoms with Crippen molar-refractivity contribution in [3.05, 3.63) is 50.7 Å². The van der Waals surface area contributed by atoms with E-state index in [1.807, 2.05) is 0 Å². The first-order chi connectivity index (χ1) is 13.5. The number of rotatable bonds is 9. The van der Waals surface area contributed by atoms with Gasteiger partial charge >= 0.3 is 0 Å². The third-order valence-corrected chi connectivity index (χ3v) is 4.19. The molecule has 2 aromatic carbocycles. The Kier molecular flexibility index (Phi) is 5.83. The number of methoxy groups -OCH3 is 1. The Morgan fingerprint density at radius 3 is 2.64 bits per heavy atom. The monoisotopic (exact) mass is 389 g/mol. The summed E-state index contributed by atoms with van der Waals surface area (Å²) in [6.07, 6.45) is 1.88. The summed E-state index contributed by atoms with van der Waals surface area (Å²) in [4.78, 5) is 27.1. The molecule has 0 aliphatic rings. The zero-order chi connectivity index (χ0) is 20.1. The molecule has 0 unspecified atom stereocenters. The molecule has 3 rings (SSSR count). The molecule has 1 aromatic heterocycles. The van der Waals surface area contributed by atoms with Crippen LogP contribution in [0.15, 0.2) is 39.5 Å². The van der Waals surface area contributed by atoms with E-state index in [1.54, 1.807) is 24.3 Å². The first-order valence-electron chi connectivity index (χ1n) is 8.68. The van der Waals surface area contributed by atoms with E-state index in [-0.39, 0.29) is 34.1 Å². The molecule has 148 valence electrons. The van der Waals surface area contributed by atoms with Crippen LogP contribution in [0.2, 0.25) is 0 Å². The lowest BCUT2D eigenvalue weighted by molar-refractivity contribution is -0.757. The zero-order valence-electron chi connectivity index (χ0n) is 15.2. The van der Waals surface area contributed by atoms with Crippen LogP contribution in [0.4, 0.5) is 0 Å². The van der Waals surface area contributed by atoms with Crippen LogP contribution in [0.1, 0.15) is 19.3 Å². The van der Waals surface area contributed by atoms with Crippen molar-refractivity contribution in [2.45, 2.75) is 19.3 Å². The van der Waals surface area contributed by atoms with Crippen molar-refractivity contribution in [2.24, 2.45) is 0 Å². The van der Waals surface area contributed by atoms with Crippen molar-refractivity contribution >= 4 is 21.9 Å². The molecule has 9 heteroatoms. The molecule has 0 aliphatic carbocycles. The Bertz CT molecular complexity index is 1060. The fourth-order valence-corrected chi connectivity index (χ4v) is 2.91. The molecule has 1 N–H and O–H groups in total. The van der Waals surface area contributed by atoms with Gasteiger partial charge in [0, 0.05) is 12.1 Å². The summed E-state index contributed by atoms with van der Waals surface area (Å²) in [6, 6.07) is 7.91. The van der Waals surface area contributed by atoms with Gasteiger partial charge < -0.3 is 23.8 Å². The lowest BCUT2D eigenvalue weighted by atomic mass is 10.1. The lowest BCUT2D eigenvalue weighted by Gasteiger charge is -2.10. The number of hydrogen-bond acceptors (Lipinski definition) is 8. The van der Waals surface area contributed by atoms with E-state index in [1.165, 1.54) is 13.2 Å². The van der Waals surface area contributed by atoms with Crippen molar-refractivity contribution in [2.75, 3.05) is 20.3 Å². The second-order valence-electron chi connectivity index (χ2n) is 6.05. The van der Waals surface area contributed by atoms with E-state index in [4.69, 9.17) is 13.9 Å². The summed E-state index contributed by atoms with van der Waals surface area (Å²) < 4.78 is 16.6. The van der Waals surface area contributed by atoms with Crippen LogP contribution in [0.3, 0.4) is 0 Å². The SMILES string of the molecule is COc1cccc2oc3cc(OCCCCCO[N+](=O)[O-])cc(O)c3c(=O)c12. The molecule has 1 heterocycles. The molecular formula is C19H19NO8. The maximum absolute atomic E-state index is 12.8. The summed E-state index contributed by atoms with van der Waals surface area (Å²) >= 11 is 0. The Morgan fingerprint density at radius 2 is 1.89 bits per heavy atom. The molecule has 0 fully saturated rings. The quantitative estimate of drug-likeness (QED) is 0.256. The van der Waals surface area contributed by atoms with Crippen LogP contribution < -0.4 is 14.9 Å². The Balaban J connectivity index is 1.77. The highest BCUT2D eigenvalue weighted by Crippen LogP contribution is 2.32. The zero-order valence-corrected chi connectivity index (χ0v) is 15.2. The van der Waals surface area contributed by atoms with E-state index in [0.29, 0.717) is 43.0 Å². The van der Waals surface area contributed by atoms with E-state index < -0.39 is 5.09 Å². The highest BCUT2D eigenvalue weighted by Gasteiger charge is 2.16. The van der Waals surface area contributed by atoms with Gasteiger partial charge in [-0.15, -0.1) is 10.1 Å². The van der Waals surface area contributed by atoms with Crippen molar-refractivity contribution in [3.8, 4) is 17.2 Å². The third kappa shape index (κ3) is 4.08. The number of phenols is 1. The van der Waals surface area contributed by atoms with Crippen molar-refractivity contribution in [3.63, 3.8) is 0 Å². The van der Waals surface area contributed by atoms with Gasteiger partial charge in [-0.3, -0.25) is 4.79 Å². The van der Waals surface area contributed by atoms with Crippen LogP contribution in [-0.2, 0) is 4.84 Å². The molecule has 3 aromatic rings. The van der Waals surface area contributed by atoms with Gasteiger partial charge in [0.1, 0.15) is 39.2 Å². The van der Waals surface area contributed by atoms with Crippen molar-refractivity contribution in [1.29, 1.82) is 0 Å². The van der Waals surface area contributed by atoms with E-state index in [9.17, 15) is 20.0 Å². The molecule has 0 atom stereocenters. The van der Waals surface area contributed by atoms with Gasteiger partial charge in [-0.1, -0.05) is 6.07 Å². The molecule has 0 aliphatic heterocycles. The molecule has 28 heavy (non-hydrogen) atoms. The normalized spacial score (nSPS) is 10.9. The Morgan fingerprint density at radius 1 is 1.11 bits per heavy atom. The molecule has 0 saturated carbocycles. The van der Waals surface area contributed by atoms with Crippen LogP contribution >= 0.6 is 0 Å². The molecule has 0 amide bonds. The van der Waals surface area contributed by atoms with Gasteiger partial charge in [0.05, 0.1) is 20.3 Å². The highest BCUT2D eigenvalue weighted by atomic mass is 16.9. The fourth-order valence-electron chi connectivity index (χ4n) is 2.91. The summed E-state index contributed by atoms with van der Waals surface area (Å²) in [5.74, 6) is 0.485. The minimum Gasteiger partial charge on any atom is -0.507 e. The summed E-state index contributed by atoms with van der Waals surface area (Å²) in [6.45, 7) is 0.389. The van der Waals surface area contributed by atoms with E-state index in [2.05, 4.69) is 4.84 Å². The van der Waals surface area contributed by atoms with Gasteiger partial charge in [-0.25, -0.2) is 0 Å². The summed E-state index contributed by atoms with van der Waals surface area (Å²) in [5, 5.41) is 19.9. The lowest BCUT2D eigenvalue weighted by Crippen LogP contribution is -2.05. The Labute approximate surface area is 159 Å². The van der Waals surface area contributed by atoms with Gasteiger partial charge in [0.25, 0.3) is 5.09 Å². The molecular weight excluding hydrogens is 370 g/mol. The van der Waals surface area contributed by atoms with E-state index >= 15 is 0 Å². The first kappa shape index (κ1) is 19.3. The topological polar surface area (TPSA) is 121 Å². The number of fused-ring (bicyclic) bond motifs is 2. The van der Waals surface area contributed by atoms with Gasteiger partial charge in [0.2, 0.25) is 5.43 Å². The van der Waals surface area contributed by atoms with Gasteiger partial charge in [0.15, 0.2) is 0 Å². The summed E-state index contributed by atoms with van der Waals surface area (Å²) in [7, 11) is 1.46. The van der Waals surface area contributed by atoms with Crippen LogP contribution in [0.5, 0.6) is 17.2 Å². The molecule has 0 bridgehead atoms. The van der Waals surface area contributed by atoms with Crippen molar-refractivity contribution < 1.29 is 28.9 Å². The number of unbranched alkanes of at least 4 members (excludes halogenated alkanes) is 2. The molecule has 0 radical (unpaired) electrons. The maximum atomic E-state index is 12.8. The first-order valence-corrected chi connectivity index (χ1v) is 8.68. The molecule has 0 spiro atoms. The largest absolute Gasteiger partial charge is 0.507 e. The number of aromatic hydroxyl groups is 1. The average Bonchev–Trinajstić information content (AvgIpc) is 2.66. The maximum Gasteiger partial charge on any atom is 0.294 e. The van der Waals surface area contributed by atoms with Crippen molar-refractivity contribution in [1.82, 2.24) is 0 Å². The second kappa shape index (κ2) is 8.47. The van der Waals surface area contributed by atoms with E-state index in [0.717, 1.165) is 0 Å². The minimum absolute atomic E-state index is 0.0471. The number of ether oxygens (including phenoxy) is 2. The summed E-state index contributed by atoms with van der Waals surface area (Å²) in [5.41, 5.74) is 0.169. The fraction of sp³-hybridized carbons (Fsp3) is 0.316. The number of nitrogens with zero attached hydrogens (tertiary/aromatic N) is 1. The average molecular weight is 389 g/mol.